The largest absolute Gasteiger partial charge is 0.499 e. The predicted molar refractivity (Wildman–Crippen MR) is 65.0 cm³/mol. The van der Waals surface area contributed by atoms with Gasteiger partial charge in [0.1, 0.15) is 0 Å². The fraction of sp³-hybridized carbons (Fsp3) is 0.769. The van der Waals surface area contributed by atoms with E-state index < -0.39 is 0 Å². The average Bonchev–Trinajstić information content (AvgIpc) is 2.21. The molecule has 0 bridgehead atoms. The highest BCUT2D eigenvalue weighted by Gasteiger charge is 2.06. The lowest BCUT2D eigenvalue weighted by Crippen LogP contribution is -2.12. The van der Waals surface area contributed by atoms with Crippen molar-refractivity contribution >= 4 is 5.97 Å². The highest BCUT2D eigenvalue weighted by Crippen LogP contribution is 2.03. The Labute approximate surface area is 98.8 Å². The molecule has 0 aliphatic carbocycles. The summed E-state index contributed by atoms with van der Waals surface area (Å²) in [6.07, 6.45) is 4.15. The van der Waals surface area contributed by atoms with E-state index in [0.717, 1.165) is 38.0 Å². The van der Waals surface area contributed by atoms with Crippen molar-refractivity contribution in [2.75, 3.05) is 13.2 Å². The zero-order valence-corrected chi connectivity index (χ0v) is 10.8. The molecule has 0 aromatic heterocycles. The molecule has 3 heteroatoms. The first-order valence-electron chi connectivity index (χ1n) is 5.99. The van der Waals surface area contributed by atoms with Crippen molar-refractivity contribution in [3.8, 4) is 0 Å². The van der Waals surface area contributed by atoms with Crippen LogP contribution < -0.4 is 0 Å². The summed E-state index contributed by atoms with van der Waals surface area (Å²) in [5, 5.41) is 0. The van der Waals surface area contributed by atoms with Gasteiger partial charge in [-0.25, -0.2) is 0 Å². The maximum atomic E-state index is 11.1. The lowest BCUT2D eigenvalue weighted by atomic mass is 10.2. The molecular weight excluding hydrogens is 204 g/mol. The van der Waals surface area contributed by atoms with Gasteiger partial charge < -0.3 is 9.47 Å². The maximum absolute atomic E-state index is 11.1. The Morgan fingerprint density at radius 1 is 1.06 bits per heavy atom. The van der Waals surface area contributed by atoms with Gasteiger partial charge in [-0.15, -0.1) is 0 Å². The van der Waals surface area contributed by atoms with E-state index >= 15 is 0 Å². The molecule has 0 rings (SSSR count). The maximum Gasteiger partial charge on any atom is 0.308 e. The van der Waals surface area contributed by atoms with E-state index in [0.29, 0.717) is 6.61 Å². The molecule has 0 aromatic rings. The Morgan fingerprint density at radius 2 is 1.56 bits per heavy atom. The third kappa shape index (κ3) is 9.56. The van der Waals surface area contributed by atoms with Crippen LogP contribution in [0.3, 0.4) is 0 Å². The number of rotatable bonds is 9. The fourth-order valence-electron chi connectivity index (χ4n) is 1.14. The van der Waals surface area contributed by atoms with Gasteiger partial charge in [0.05, 0.1) is 24.9 Å². The number of esters is 1. The molecule has 94 valence electrons. The smallest absolute Gasteiger partial charge is 0.308 e. The Kier molecular flexibility index (Phi) is 8.68. The molecule has 0 amide bonds. The number of carbonyl (C=O) groups is 1. The summed E-state index contributed by atoms with van der Waals surface area (Å²) in [5.74, 6) is 0.639. The summed E-state index contributed by atoms with van der Waals surface area (Å²) in [6, 6.07) is 0. The fourth-order valence-corrected chi connectivity index (χ4v) is 1.14. The van der Waals surface area contributed by atoms with Crippen molar-refractivity contribution in [2.24, 2.45) is 5.92 Å². The van der Waals surface area contributed by atoms with Crippen LogP contribution in [0, 0.1) is 5.92 Å². The summed E-state index contributed by atoms with van der Waals surface area (Å²) < 4.78 is 10.3. The van der Waals surface area contributed by atoms with Gasteiger partial charge in [-0.1, -0.05) is 20.4 Å². The van der Waals surface area contributed by atoms with Gasteiger partial charge in [0, 0.05) is 0 Å². The van der Waals surface area contributed by atoms with Gasteiger partial charge in [0.15, 0.2) is 0 Å². The van der Waals surface area contributed by atoms with Gasteiger partial charge in [-0.05, 0) is 32.6 Å². The quantitative estimate of drug-likeness (QED) is 0.345. The molecule has 16 heavy (non-hydrogen) atoms. The first-order valence-corrected chi connectivity index (χ1v) is 5.99. The van der Waals surface area contributed by atoms with Crippen molar-refractivity contribution < 1.29 is 14.3 Å². The van der Waals surface area contributed by atoms with Crippen LogP contribution in [-0.4, -0.2) is 19.2 Å². The number of ether oxygens (including phenoxy) is 2. The minimum Gasteiger partial charge on any atom is -0.499 e. The van der Waals surface area contributed by atoms with Crippen LogP contribution >= 0.6 is 0 Å². The van der Waals surface area contributed by atoms with E-state index in [4.69, 9.17) is 9.47 Å². The summed E-state index contributed by atoms with van der Waals surface area (Å²) >= 11 is 0. The SMILES string of the molecule is C=C(C)OCCCCCCOC(=O)C(C)C. The molecule has 0 fully saturated rings. The Hall–Kier alpha value is -0.990. The van der Waals surface area contributed by atoms with Crippen molar-refractivity contribution in [3.63, 3.8) is 0 Å². The molecule has 0 aliphatic rings. The molecule has 0 heterocycles. The van der Waals surface area contributed by atoms with Crippen LogP contribution in [0.4, 0.5) is 0 Å². The number of unbranched alkanes of at least 4 members (excludes halogenated alkanes) is 3. The van der Waals surface area contributed by atoms with Crippen LogP contribution in [0.1, 0.15) is 46.5 Å². The number of carbonyl (C=O) groups excluding carboxylic acids is 1. The molecule has 0 saturated carbocycles. The van der Waals surface area contributed by atoms with E-state index in [-0.39, 0.29) is 11.9 Å². The van der Waals surface area contributed by atoms with Gasteiger partial charge >= 0.3 is 5.97 Å². The molecule has 0 unspecified atom stereocenters. The summed E-state index contributed by atoms with van der Waals surface area (Å²) in [7, 11) is 0. The molecular formula is C13H24O3. The second kappa shape index (κ2) is 9.25. The topological polar surface area (TPSA) is 35.5 Å². The van der Waals surface area contributed by atoms with Crippen LogP contribution in [0.5, 0.6) is 0 Å². The first-order chi connectivity index (χ1) is 7.54. The monoisotopic (exact) mass is 228 g/mol. The number of allylic oxidation sites excluding steroid dienone is 1. The highest BCUT2D eigenvalue weighted by atomic mass is 16.5. The van der Waals surface area contributed by atoms with E-state index in [9.17, 15) is 4.79 Å². The first kappa shape index (κ1) is 15.0. The minimum atomic E-state index is -0.106. The Morgan fingerprint density at radius 3 is 2.00 bits per heavy atom. The standard InChI is InChI=1S/C13H24O3/c1-11(2)13(14)16-10-8-6-5-7-9-15-12(3)4/h11H,3,5-10H2,1-2,4H3. The lowest BCUT2D eigenvalue weighted by molar-refractivity contribution is -0.147. The third-order valence-electron chi connectivity index (χ3n) is 2.10. The van der Waals surface area contributed by atoms with Crippen molar-refractivity contribution in [1.82, 2.24) is 0 Å². The molecule has 0 aliphatic heterocycles. The van der Waals surface area contributed by atoms with Crippen LogP contribution in [0.15, 0.2) is 12.3 Å². The lowest BCUT2D eigenvalue weighted by Gasteiger charge is -2.07. The second-order valence-electron chi connectivity index (χ2n) is 4.29. The van der Waals surface area contributed by atoms with Crippen LogP contribution in [-0.2, 0) is 14.3 Å². The van der Waals surface area contributed by atoms with Gasteiger partial charge in [0.2, 0.25) is 0 Å². The van der Waals surface area contributed by atoms with Gasteiger partial charge in [0.25, 0.3) is 0 Å². The van der Waals surface area contributed by atoms with E-state index in [1.165, 1.54) is 0 Å². The van der Waals surface area contributed by atoms with Gasteiger partial charge in [-0.2, -0.15) is 0 Å². The number of hydrogen-bond donors (Lipinski definition) is 0. The molecule has 0 atom stereocenters. The van der Waals surface area contributed by atoms with Crippen LogP contribution in [0.25, 0.3) is 0 Å². The molecule has 0 aromatic carbocycles. The van der Waals surface area contributed by atoms with E-state index in [1.54, 1.807) is 0 Å². The van der Waals surface area contributed by atoms with E-state index in [1.807, 2.05) is 20.8 Å². The van der Waals surface area contributed by atoms with Crippen molar-refractivity contribution in [1.29, 1.82) is 0 Å². The van der Waals surface area contributed by atoms with Crippen molar-refractivity contribution in [2.45, 2.75) is 46.5 Å². The second-order valence-corrected chi connectivity index (χ2v) is 4.29. The van der Waals surface area contributed by atoms with Crippen molar-refractivity contribution in [3.05, 3.63) is 12.3 Å². The summed E-state index contributed by atoms with van der Waals surface area (Å²) in [5.41, 5.74) is 0. The average molecular weight is 228 g/mol. The molecule has 0 saturated heterocycles. The summed E-state index contributed by atoms with van der Waals surface area (Å²) in [4.78, 5) is 11.1. The summed E-state index contributed by atoms with van der Waals surface area (Å²) in [6.45, 7) is 10.5. The van der Waals surface area contributed by atoms with E-state index in [2.05, 4.69) is 6.58 Å². The van der Waals surface area contributed by atoms with Gasteiger partial charge in [-0.3, -0.25) is 4.79 Å². The highest BCUT2D eigenvalue weighted by molar-refractivity contribution is 5.71. The Balaban J connectivity index is 3.16. The zero-order valence-electron chi connectivity index (χ0n) is 10.8. The predicted octanol–water partition coefficient (Wildman–Crippen LogP) is 3.30. The van der Waals surface area contributed by atoms with Crippen LogP contribution in [0.2, 0.25) is 0 Å². The Bertz CT molecular complexity index is 209. The number of hydrogen-bond acceptors (Lipinski definition) is 3. The minimum absolute atomic E-state index is 0.0241. The normalized spacial score (nSPS) is 10.2. The molecule has 0 N–H and O–H groups in total. The molecule has 3 nitrogen and oxygen atoms in total. The zero-order chi connectivity index (χ0) is 12.4. The molecule has 0 spiro atoms. The third-order valence-corrected chi connectivity index (χ3v) is 2.10. The molecule has 0 radical (unpaired) electrons.